The molecule has 7 heteroatoms. The fourth-order valence-corrected chi connectivity index (χ4v) is 4.96. The Bertz CT molecular complexity index is 1490. The lowest BCUT2D eigenvalue weighted by Gasteiger charge is -2.16. The first-order chi connectivity index (χ1) is 18.3. The third kappa shape index (κ3) is 5.14. The van der Waals surface area contributed by atoms with Crippen molar-refractivity contribution in [3.63, 3.8) is 0 Å². The van der Waals surface area contributed by atoms with Crippen molar-refractivity contribution in [2.24, 2.45) is 0 Å². The van der Waals surface area contributed by atoms with Crippen molar-refractivity contribution in [3.05, 3.63) is 100 Å². The Balaban J connectivity index is 1.56. The van der Waals surface area contributed by atoms with Gasteiger partial charge in [-0.3, -0.25) is 4.79 Å². The summed E-state index contributed by atoms with van der Waals surface area (Å²) in [6, 6.07) is 20.6. The molecule has 0 radical (unpaired) electrons. The zero-order chi connectivity index (χ0) is 26.8. The van der Waals surface area contributed by atoms with Crippen LogP contribution >= 0.6 is 0 Å². The fraction of sp³-hybridized carbons (Fsp3) is 0.290. The SMILES string of the molecule is Cc1ccc(CNC(=O)c2c(C(C)C)n(Cc3ccccc3)c3cc(OC4CCOC4=O)ccc23)cc1F. The van der Waals surface area contributed by atoms with Crippen LogP contribution in [0.15, 0.2) is 66.7 Å². The van der Waals surface area contributed by atoms with Crippen LogP contribution in [0.2, 0.25) is 0 Å². The molecule has 1 atom stereocenters. The number of hydrogen-bond acceptors (Lipinski definition) is 4. The molecular formula is C31H31FN2O4. The Morgan fingerprint density at radius 2 is 1.89 bits per heavy atom. The maximum absolute atomic E-state index is 14.1. The van der Waals surface area contributed by atoms with Crippen molar-refractivity contribution in [2.45, 2.75) is 52.3 Å². The van der Waals surface area contributed by atoms with E-state index in [9.17, 15) is 14.0 Å². The minimum atomic E-state index is -0.632. The molecule has 1 unspecified atom stereocenters. The van der Waals surface area contributed by atoms with Crippen LogP contribution in [0.25, 0.3) is 10.9 Å². The maximum atomic E-state index is 14.1. The Hall–Kier alpha value is -4.13. The first-order valence-electron chi connectivity index (χ1n) is 12.9. The lowest BCUT2D eigenvalue weighted by molar-refractivity contribution is -0.143. The van der Waals surface area contributed by atoms with Gasteiger partial charge in [0.15, 0.2) is 6.10 Å². The van der Waals surface area contributed by atoms with Gasteiger partial charge in [0, 0.05) is 36.7 Å². The summed E-state index contributed by atoms with van der Waals surface area (Å²) in [5.41, 5.74) is 4.68. The molecule has 196 valence electrons. The Kier molecular flexibility index (Phi) is 7.18. The molecule has 4 aromatic rings. The van der Waals surface area contributed by atoms with Gasteiger partial charge in [0.05, 0.1) is 17.7 Å². The normalized spacial score (nSPS) is 15.2. The van der Waals surface area contributed by atoms with E-state index in [0.717, 1.165) is 22.2 Å². The summed E-state index contributed by atoms with van der Waals surface area (Å²) in [7, 11) is 0. The lowest BCUT2D eigenvalue weighted by atomic mass is 10.0. The second-order valence-corrected chi connectivity index (χ2v) is 9.99. The highest BCUT2D eigenvalue weighted by atomic mass is 19.1. The number of benzene rings is 3. The summed E-state index contributed by atoms with van der Waals surface area (Å²) in [4.78, 5) is 25.7. The van der Waals surface area contributed by atoms with E-state index >= 15 is 0 Å². The zero-order valence-corrected chi connectivity index (χ0v) is 21.8. The van der Waals surface area contributed by atoms with Crippen LogP contribution in [0, 0.1) is 12.7 Å². The average molecular weight is 515 g/mol. The smallest absolute Gasteiger partial charge is 0.347 e. The number of rotatable bonds is 8. The quantitative estimate of drug-likeness (QED) is 0.298. The van der Waals surface area contributed by atoms with Crippen LogP contribution in [0.3, 0.4) is 0 Å². The van der Waals surface area contributed by atoms with Crippen LogP contribution in [-0.4, -0.2) is 29.2 Å². The molecule has 1 N–H and O–H groups in total. The maximum Gasteiger partial charge on any atom is 0.347 e. The molecule has 1 aliphatic heterocycles. The number of hydrogen-bond donors (Lipinski definition) is 1. The Labute approximate surface area is 221 Å². The predicted octanol–water partition coefficient (Wildman–Crippen LogP) is 5.88. The summed E-state index contributed by atoms with van der Waals surface area (Å²) in [5.74, 6) is -0.291. The molecule has 1 aromatic heterocycles. The average Bonchev–Trinajstić information content (AvgIpc) is 3.45. The van der Waals surface area contributed by atoms with Crippen LogP contribution in [0.5, 0.6) is 5.75 Å². The molecule has 2 heterocycles. The number of carbonyl (C=O) groups excluding carboxylic acids is 2. The number of nitrogens with zero attached hydrogens (tertiary/aromatic N) is 1. The largest absolute Gasteiger partial charge is 0.479 e. The van der Waals surface area contributed by atoms with E-state index in [4.69, 9.17) is 9.47 Å². The van der Waals surface area contributed by atoms with Crippen molar-refractivity contribution in [2.75, 3.05) is 6.61 Å². The molecule has 1 fully saturated rings. The van der Waals surface area contributed by atoms with Gasteiger partial charge in [0.2, 0.25) is 0 Å². The van der Waals surface area contributed by atoms with Crippen LogP contribution < -0.4 is 10.1 Å². The van der Waals surface area contributed by atoms with Gasteiger partial charge in [0.25, 0.3) is 5.91 Å². The summed E-state index contributed by atoms with van der Waals surface area (Å²) in [6.07, 6.45) is -0.126. The van der Waals surface area contributed by atoms with Crippen LogP contribution in [-0.2, 0) is 22.6 Å². The van der Waals surface area contributed by atoms with Gasteiger partial charge in [-0.1, -0.05) is 56.3 Å². The molecule has 0 bridgehead atoms. The minimum absolute atomic E-state index is 0.0397. The third-order valence-electron chi connectivity index (χ3n) is 6.89. The molecule has 1 amide bonds. The number of fused-ring (bicyclic) bond motifs is 1. The number of cyclic esters (lactones) is 1. The summed E-state index contributed by atoms with van der Waals surface area (Å²) in [5, 5.41) is 3.78. The van der Waals surface area contributed by atoms with E-state index in [0.29, 0.717) is 42.0 Å². The van der Waals surface area contributed by atoms with Gasteiger partial charge >= 0.3 is 5.97 Å². The molecule has 0 spiro atoms. The summed E-state index contributed by atoms with van der Waals surface area (Å²) < 4.78 is 27.2. The number of amides is 1. The van der Waals surface area contributed by atoms with Gasteiger partial charge in [-0.2, -0.15) is 0 Å². The van der Waals surface area contributed by atoms with Gasteiger partial charge in [-0.05, 0) is 47.7 Å². The molecule has 0 saturated carbocycles. The van der Waals surface area contributed by atoms with E-state index in [1.165, 1.54) is 6.07 Å². The molecule has 5 rings (SSSR count). The molecule has 1 aliphatic rings. The highest BCUT2D eigenvalue weighted by Crippen LogP contribution is 2.35. The molecule has 6 nitrogen and oxygen atoms in total. The zero-order valence-electron chi connectivity index (χ0n) is 21.8. The Morgan fingerprint density at radius 1 is 1.11 bits per heavy atom. The summed E-state index contributed by atoms with van der Waals surface area (Å²) >= 11 is 0. The first-order valence-corrected chi connectivity index (χ1v) is 12.9. The predicted molar refractivity (Wildman–Crippen MR) is 144 cm³/mol. The topological polar surface area (TPSA) is 69.6 Å². The molecule has 3 aromatic carbocycles. The van der Waals surface area contributed by atoms with Crippen LogP contribution in [0.4, 0.5) is 4.39 Å². The van der Waals surface area contributed by atoms with E-state index in [1.807, 2.05) is 36.4 Å². The number of nitrogens with one attached hydrogen (secondary N) is 1. The van der Waals surface area contributed by atoms with E-state index < -0.39 is 6.10 Å². The number of aryl methyl sites for hydroxylation is 1. The number of carbonyl (C=O) groups is 2. The molecule has 0 aliphatic carbocycles. The second kappa shape index (κ2) is 10.7. The highest BCUT2D eigenvalue weighted by Gasteiger charge is 2.29. The van der Waals surface area contributed by atoms with Gasteiger partial charge in [-0.15, -0.1) is 0 Å². The number of aromatic nitrogens is 1. The van der Waals surface area contributed by atoms with Crippen LogP contribution in [0.1, 0.15) is 58.9 Å². The highest BCUT2D eigenvalue weighted by molar-refractivity contribution is 6.09. The Morgan fingerprint density at radius 3 is 2.58 bits per heavy atom. The van der Waals surface area contributed by atoms with Crippen molar-refractivity contribution >= 4 is 22.8 Å². The van der Waals surface area contributed by atoms with Gasteiger partial charge in [0.1, 0.15) is 11.6 Å². The van der Waals surface area contributed by atoms with Crippen molar-refractivity contribution in [3.8, 4) is 5.75 Å². The monoisotopic (exact) mass is 514 g/mol. The molecule has 38 heavy (non-hydrogen) atoms. The van der Waals surface area contributed by atoms with E-state index in [2.05, 4.69) is 35.9 Å². The minimum Gasteiger partial charge on any atom is -0.479 e. The van der Waals surface area contributed by atoms with Crippen molar-refractivity contribution in [1.29, 1.82) is 0 Å². The number of ether oxygens (including phenoxy) is 2. The molecular weight excluding hydrogens is 483 g/mol. The number of halogens is 1. The fourth-order valence-electron chi connectivity index (χ4n) is 4.96. The van der Waals surface area contributed by atoms with Gasteiger partial charge in [-0.25, -0.2) is 9.18 Å². The van der Waals surface area contributed by atoms with Gasteiger partial charge < -0.3 is 19.4 Å². The number of esters is 1. The molecule has 1 saturated heterocycles. The van der Waals surface area contributed by atoms with Crippen molar-refractivity contribution < 1.29 is 23.5 Å². The third-order valence-corrected chi connectivity index (χ3v) is 6.89. The van der Waals surface area contributed by atoms with Crippen molar-refractivity contribution in [1.82, 2.24) is 9.88 Å². The van der Waals surface area contributed by atoms with E-state index in [-0.39, 0.29) is 30.2 Å². The van der Waals surface area contributed by atoms with E-state index in [1.54, 1.807) is 19.1 Å². The first kappa shape index (κ1) is 25.5. The standard InChI is InChI=1S/C31H31FN2O4/c1-19(2)29-28(30(35)33-17-22-10-9-20(3)25(32)15-22)24-12-11-23(38-27-13-14-37-31(27)36)16-26(24)34(29)18-21-7-5-4-6-8-21/h4-12,15-16,19,27H,13-14,17-18H2,1-3H3,(H,33,35). The second-order valence-electron chi connectivity index (χ2n) is 9.99. The lowest BCUT2D eigenvalue weighted by Crippen LogP contribution is -2.24. The summed E-state index contributed by atoms with van der Waals surface area (Å²) in [6.45, 7) is 6.96.